The summed E-state index contributed by atoms with van der Waals surface area (Å²) in [6.07, 6.45) is 6.81. The molecule has 2 fully saturated rings. The molecule has 5 nitrogen and oxygen atoms in total. The van der Waals surface area contributed by atoms with Crippen LogP contribution >= 0.6 is 23.8 Å². The maximum atomic E-state index is 10.7. The van der Waals surface area contributed by atoms with Gasteiger partial charge in [-0.1, -0.05) is 30.5 Å². The highest BCUT2D eigenvalue weighted by molar-refractivity contribution is 7.80. The highest BCUT2D eigenvalue weighted by Gasteiger charge is 2.43. The smallest absolute Gasteiger partial charge is 0.174 e. The number of phenolic OH excluding ortho intramolecular Hbond substituents is 1. The molecule has 2 aliphatic rings. The number of hydrogen-bond acceptors (Lipinski definition) is 3. The SMILES string of the molecule is Cc1cc([C@@H]2[C@@H](c3ccccn3)NC(=S)N2c2cc(Cl)ccc2O)c(C)n1C1CCCC1. The molecule has 0 unspecified atom stereocenters. The first-order chi connectivity index (χ1) is 15.5. The van der Waals surface area contributed by atoms with Gasteiger partial charge in [0.15, 0.2) is 5.11 Å². The number of benzene rings is 1. The van der Waals surface area contributed by atoms with Gasteiger partial charge in [0, 0.05) is 28.6 Å². The van der Waals surface area contributed by atoms with Crippen LogP contribution in [0.2, 0.25) is 5.02 Å². The molecule has 5 rings (SSSR count). The van der Waals surface area contributed by atoms with Gasteiger partial charge in [0.25, 0.3) is 0 Å². The van der Waals surface area contributed by atoms with Gasteiger partial charge in [0.2, 0.25) is 0 Å². The number of aromatic nitrogens is 2. The Balaban J connectivity index is 1.68. The number of aromatic hydroxyl groups is 1. The van der Waals surface area contributed by atoms with Gasteiger partial charge in [0.1, 0.15) is 5.75 Å². The second kappa shape index (κ2) is 8.41. The molecule has 7 heteroatoms. The molecule has 1 aliphatic heterocycles. The fourth-order valence-electron chi connectivity index (χ4n) is 5.45. The lowest BCUT2D eigenvalue weighted by atomic mass is 9.96. The number of pyridine rings is 1. The zero-order valence-electron chi connectivity index (χ0n) is 18.3. The van der Waals surface area contributed by atoms with Crippen molar-refractivity contribution < 1.29 is 5.11 Å². The standard InChI is InChI=1S/C25H27ClN4OS/c1-15-13-19(16(2)29(15)18-7-3-4-8-18)24-23(20-9-5-6-12-27-20)28-25(32)30(24)21-14-17(26)10-11-22(21)31/h5-6,9-14,18,23-24,31H,3-4,7-8H2,1-2H3,(H,28,32)/t23-,24-/m1/s1. The molecule has 1 saturated carbocycles. The number of phenols is 1. The van der Waals surface area contributed by atoms with Crippen LogP contribution in [0, 0.1) is 13.8 Å². The van der Waals surface area contributed by atoms with E-state index in [1.54, 1.807) is 24.4 Å². The number of halogens is 1. The van der Waals surface area contributed by atoms with Gasteiger partial charge in [-0.2, -0.15) is 0 Å². The van der Waals surface area contributed by atoms with Crippen LogP contribution in [0.3, 0.4) is 0 Å². The van der Waals surface area contributed by atoms with E-state index in [1.165, 1.54) is 42.6 Å². The molecular formula is C25H27ClN4OS. The lowest BCUT2D eigenvalue weighted by molar-refractivity contribution is 0.472. The third-order valence-corrected chi connectivity index (χ3v) is 7.38. The maximum Gasteiger partial charge on any atom is 0.174 e. The summed E-state index contributed by atoms with van der Waals surface area (Å²) in [5, 5.41) is 15.3. The van der Waals surface area contributed by atoms with E-state index in [-0.39, 0.29) is 17.8 Å². The molecule has 166 valence electrons. The number of anilines is 1. The van der Waals surface area contributed by atoms with Gasteiger partial charge in [-0.3, -0.25) is 4.98 Å². The molecular weight excluding hydrogens is 440 g/mol. The van der Waals surface area contributed by atoms with Gasteiger partial charge in [-0.25, -0.2) is 0 Å². The fourth-order valence-corrected chi connectivity index (χ4v) is 5.95. The van der Waals surface area contributed by atoms with Crippen LogP contribution in [-0.4, -0.2) is 19.8 Å². The first kappa shape index (κ1) is 21.3. The van der Waals surface area contributed by atoms with Crippen LogP contribution in [0.5, 0.6) is 5.75 Å². The molecule has 1 aliphatic carbocycles. The monoisotopic (exact) mass is 466 g/mol. The first-order valence-electron chi connectivity index (χ1n) is 11.1. The lowest BCUT2D eigenvalue weighted by Gasteiger charge is -2.29. The van der Waals surface area contributed by atoms with Crippen molar-refractivity contribution in [2.24, 2.45) is 0 Å². The van der Waals surface area contributed by atoms with E-state index in [9.17, 15) is 5.11 Å². The number of nitrogens with one attached hydrogen (secondary N) is 1. The summed E-state index contributed by atoms with van der Waals surface area (Å²) in [6, 6.07) is 13.5. The topological polar surface area (TPSA) is 53.3 Å². The Morgan fingerprint density at radius 1 is 1.12 bits per heavy atom. The second-order valence-electron chi connectivity index (χ2n) is 8.76. The number of aryl methyl sites for hydroxylation is 1. The van der Waals surface area contributed by atoms with Crippen LogP contribution in [0.25, 0.3) is 0 Å². The minimum Gasteiger partial charge on any atom is -0.506 e. The molecule has 2 atom stereocenters. The Hall–Kier alpha value is -2.57. The minimum absolute atomic E-state index is 0.148. The molecule has 32 heavy (non-hydrogen) atoms. The van der Waals surface area contributed by atoms with Crippen LogP contribution in [0.1, 0.15) is 66.5 Å². The largest absolute Gasteiger partial charge is 0.506 e. The highest BCUT2D eigenvalue weighted by Crippen LogP contribution is 2.47. The van der Waals surface area contributed by atoms with Gasteiger partial charge in [-0.15, -0.1) is 0 Å². The van der Waals surface area contributed by atoms with Crippen molar-refractivity contribution in [2.45, 2.75) is 57.7 Å². The van der Waals surface area contributed by atoms with Crippen LogP contribution in [0.15, 0.2) is 48.7 Å². The predicted molar refractivity (Wildman–Crippen MR) is 132 cm³/mol. The second-order valence-corrected chi connectivity index (χ2v) is 9.59. The van der Waals surface area contributed by atoms with Crippen LogP contribution < -0.4 is 10.2 Å². The first-order valence-corrected chi connectivity index (χ1v) is 11.9. The zero-order valence-corrected chi connectivity index (χ0v) is 19.8. The predicted octanol–water partition coefficient (Wildman–Crippen LogP) is 6.15. The van der Waals surface area contributed by atoms with Gasteiger partial charge < -0.3 is 19.9 Å². The number of hydrogen-bond donors (Lipinski definition) is 2. The molecule has 0 amide bonds. The third-order valence-electron chi connectivity index (χ3n) is 6.83. The molecule has 2 N–H and O–H groups in total. The number of rotatable bonds is 4. The normalized spacial score (nSPS) is 21.3. The zero-order chi connectivity index (χ0) is 22.4. The third kappa shape index (κ3) is 3.55. The summed E-state index contributed by atoms with van der Waals surface area (Å²) in [5.41, 5.74) is 5.21. The van der Waals surface area contributed by atoms with Crippen molar-refractivity contribution in [3.63, 3.8) is 0 Å². The Labute approximate surface area is 199 Å². The molecule has 1 saturated heterocycles. The van der Waals surface area contributed by atoms with Crippen molar-refractivity contribution in [3.8, 4) is 5.75 Å². The summed E-state index contributed by atoms with van der Waals surface area (Å²) >= 11 is 12.1. The Morgan fingerprint density at radius 3 is 2.62 bits per heavy atom. The Morgan fingerprint density at radius 2 is 1.91 bits per heavy atom. The summed E-state index contributed by atoms with van der Waals surface area (Å²) in [7, 11) is 0. The molecule has 0 bridgehead atoms. The van der Waals surface area contributed by atoms with Crippen molar-refractivity contribution in [2.75, 3.05) is 4.90 Å². The van der Waals surface area contributed by atoms with E-state index in [0.717, 1.165) is 5.69 Å². The Kier molecular flexibility index (Phi) is 5.59. The summed E-state index contributed by atoms with van der Waals surface area (Å²) in [5.74, 6) is 0.148. The van der Waals surface area contributed by atoms with Crippen LogP contribution in [-0.2, 0) is 0 Å². The van der Waals surface area contributed by atoms with E-state index in [2.05, 4.69) is 34.8 Å². The van der Waals surface area contributed by atoms with E-state index >= 15 is 0 Å². The number of thiocarbonyl (C=S) groups is 1. The summed E-state index contributed by atoms with van der Waals surface area (Å²) in [6.45, 7) is 4.39. The van der Waals surface area contributed by atoms with E-state index in [4.69, 9.17) is 23.8 Å². The summed E-state index contributed by atoms with van der Waals surface area (Å²) < 4.78 is 2.50. The molecule has 2 aromatic heterocycles. The number of nitrogens with zero attached hydrogens (tertiary/aromatic N) is 3. The van der Waals surface area contributed by atoms with Crippen molar-refractivity contribution in [1.82, 2.24) is 14.9 Å². The molecule has 3 heterocycles. The Bertz CT molecular complexity index is 1160. The average molecular weight is 467 g/mol. The van der Waals surface area contributed by atoms with Crippen molar-refractivity contribution in [1.29, 1.82) is 0 Å². The van der Waals surface area contributed by atoms with Crippen LogP contribution in [0.4, 0.5) is 5.69 Å². The molecule has 0 spiro atoms. The quantitative estimate of drug-likeness (QED) is 0.451. The maximum absolute atomic E-state index is 10.7. The van der Waals surface area contributed by atoms with Crippen molar-refractivity contribution >= 4 is 34.6 Å². The lowest BCUT2D eigenvalue weighted by Crippen LogP contribution is -2.29. The summed E-state index contributed by atoms with van der Waals surface area (Å²) in [4.78, 5) is 6.63. The van der Waals surface area contributed by atoms with E-state index < -0.39 is 0 Å². The highest BCUT2D eigenvalue weighted by atomic mass is 35.5. The van der Waals surface area contributed by atoms with Gasteiger partial charge >= 0.3 is 0 Å². The fraction of sp³-hybridized carbons (Fsp3) is 0.360. The molecule has 1 aromatic carbocycles. The van der Waals surface area contributed by atoms with E-state index in [0.29, 0.717) is 21.9 Å². The molecule has 0 radical (unpaired) electrons. The van der Waals surface area contributed by atoms with Gasteiger partial charge in [0.05, 0.1) is 23.5 Å². The average Bonchev–Trinajstić information content (AvgIpc) is 3.48. The van der Waals surface area contributed by atoms with E-state index in [1.807, 2.05) is 23.1 Å². The molecule has 3 aromatic rings. The van der Waals surface area contributed by atoms with Gasteiger partial charge in [-0.05, 0) is 80.9 Å². The van der Waals surface area contributed by atoms with Crippen molar-refractivity contribution in [3.05, 3.63) is 76.3 Å². The minimum atomic E-state index is -0.164.